The van der Waals surface area contributed by atoms with E-state index in [-0.39, 0.29) is 32.8 Å². The summed E-state index contributed by atoms with van der Waals surface area (Å²) in [7, 11) is 0. The lowest BCUT2D eigenvalue weighted by molar-refractivity contribution is -0.386. The summed E-state index contributed by atoms with van der Waals surface area (Å²) < 4.78 is 44.2. The molecule has 1 fully saturated rings. The van der Waals surface area contributed by atoms with Crippen LogP contribution in [0, 0.1) is 10.1 Å². The molecule has 162 valence electrons. The van der Waals surface area contributed by atoms with Gasteiger partial charge in [0, 0.05) is 6.07 Å². The van der Waals surface area contributed by atoms with Gasteiger partial charge in [-0.1, -0.05) is 30.0 Å². The first-order valence-electron chi connectivity index (χ1n) is 8.62. The Kier molecular flexibility index (Phi) is 6.23. The highest BCUT2D eigenvalue weighted by Crippen LogP contribution is 2.41. The van der Waals surface area contributed by atoms with Crippen molar-refractivity contribution in [2.24, 2.45) is 0 Å². The highest BCUT2D eigenvalue weighted by molar-refractivity contribution is 8.27. The summed E-state index contributed by atoms with van der Waals surface area (Å²) >= 11 is 6.00. The predicted octanol–water partition coefficient (Wildman–Crippen LogP) is 5.12. The lowest BCUT2D eigenvalue weighted by Gasteiger charge is -2.16. The van der Waals surface area contributed by atoms with Gasteiger partial charge in [0.05, 0.1) is 27.7 Å². The van der Waals surface area contributed by atoms with Gasteiger partial charge in [-0.25, -0.2) is 0 Å². The quantitative estimate of drug-likeness (QED) is 0.280. The van der Waals surface area contributed by atoms with E-state index in [0.717, 1.165) is 40.9 Å². The molecule has 0 atom stereocenters. The highest BCUT2D eigenvalue weighted by atomic mass is 32.2. The van der Waals surface area contributed by atoms with Gasteiger partial charge < -0.3 is 9.84 Å². The number of carbonyl (C=O) groups is 1. The Labute approximate surface area is 183 Å². The van der Waals surface area contributed by atoms with Gasteiger partial charge in [-0.05, 0) is 42.8 Å². The molecule has 1 N–H and O–H groups in total. The number of thiocarbonyl (C=S) groups is 1. The third kappa shape index (κ3) is 4.64. The lowest BCUT2D eigenvalue weighted by atomic mass is 10.1. The van der Waals surface area contributed by atoms with E-state index in [9.17, 15) is 33.2 Å². The maximum Gasteiger partial charge on any atom is 0.416 e. The Morgan fingerprint density at radius 3 is 2.65 bits per heavy atom. The van der Waals surface area contributed by atoms with Crippen LogP contribution in [0.25, 0.3) is 6.08 Å². The zero-order chi connectivity index (χ0) is 22.9. The third-order valence-corrected chi connectivity index (χ3v) is 5.40. The van der Waals surface area contributed by atoms with Gasteiger partial charge in [-0.15, -0.1) is 0 Å². The number of hydrogen-bond acceptors (Lipinski definition) is 7. The summed E-state index contributed by atoms with van der Waals surface area (Å²) in [6.07, 6.45) is -3.30. The Bertz CT molecular complexity index is 1120. The van der Waals surface area contributed by atoms with E-state index in [1.165, 1.54) is 18.2 Å². The Balaban J connectivity index is 2.00. The summed E-state index contributed by atoms with van der Waals surface area (Å²) in [4.78, 5) is 24.2. The molecular formula is C19H13F3N2O5S2. The minimum atomic E-state index is -4.59. The lowest BCUT2D eigenvalue weighted by Crippen LogP contribution is -2.27. The van der Waals surface area contributed by atoms with E-state index in [0.29, 0.717) is 0 Å². The van der Waals surface area contributed by atoms with Gasteiger partial charge >= 0.3 is 11.9 Å². The Morgan fingerprint density at radius 2 is 2.03 bits per heavy atom. The Hall–Kier alpha value is -3.12. The maximum atomic E-state index is 13.0. The van der Waals surface area contributed by atoms with Crippen molar-refractivity contribution in [1.29, 1.82) is 0 Å². The smallest absolute Gasteiger partial charge is 0.416 e. The van der Waals surface area contributed by atoms with Crippen LogP contribution in [0.1, 0.15) is 18.1 Å². The summed E-state index contributed by atoms with van der Waals surface area (Å²) in [5, 5.41) is 21.2. The number of nitro benzene ring substituents is 1. The number of ether oxygens (including phenoxy) is 1. The van der Waals surface area contributed by atoms with E-state index >= 15 is 0 Å². The Morgan fingerprint density at radius 1 is 1.32 bits per heavy atom. The number of benzene rings is 2. The SMILES string of the molecule is CCOc1cc(/C=C2/SC(=S)N(c3cccc(C(F)(F)F)c3)C2=O)cc([N+](=O)[O-])c1O. The number of anilines is 1. The zero-order valence-electron chi connectivity index (χ0n) is 15.7. The third-order valence-electron chi connectivity index (χ3n) is 4.10. The van der Waals surface area contributed by atoms with Crippen molar-refractivity contribution in [1.82, 2.24) is 0 Å². The first kappa shape index (κ1) is 22.6. The number of phenolic OH excluding ortho intramolecular Hbond substituents is 1. The molecule has 0 saturated carbocycles. The van der Waals surface area contributed by atoms with Gasteiger partial charge in [-0.2, -0.15) is 13.2 Å². The standard InChI is InChI=1S/C19H13F3N2O5S2/c1-2-29-14-7-10(6-13(16(14)25)24(27)28)8-15-17(26)23(18(30)31-15)12-5-3-4-11(9-12)19(20,21)22/h3-9,25H,2H2,1H3/b15-8+. The monoisotopic (exact) mass is 470 g/mol. The number of carbonyl (C=O) groups excluding carboxylic acids is 1. The molecule has 31 heavy (non-hydrogen) atoms. The molecule has 0 spiro atoms. The number of alkyl halides is 3. The minimum Gasteiger partial charge on any atom is -0.500 e. The van der Waals surface area contributed by atoms with Crippen molar-refractivity contribution in [3.8, 4) is 11.5 Å². The fourth-order valence-electron chi connectivity index (χ4n) is 2.76. The van der Waals surface area contributed by atoms with E-state index in [1.807, 2.05) is 0 Å². The molecule has 1 amide bonds. The number of amides is 1. The second kappa shape index (κ2) is 8.55. The van der Waals surface area contributed by atoms with Crippen LogP contribution in [0.4, 0.5) is 24.5 Å². The van der Waals surface area contributed by atoms with Crippen molar-refractivity contribution < 1.29 is 32.7 Å². The number of nitrogens with zero attached hydrogens (tertiary/aromatic N) is 2. The van der Waals surface area contributed by atoms with Crippen LogP contribution in [0.2, 0.25) is 0 Å². The fraction of sp³-hybridized carbons (Fsp3) is 0.158. The highest BCUT2D eigenvalue weighted by Gasteiger charge is 2.36. The molecule has 1 heterocycles. The van der Waals surface area contributed by atoms with Crippen molar-refractivity contribution in [2.75, 3.05) is 11.5 Å². The van der Waals surface area contributed by atoms with Gasteiger partial charge in [0.15, 0.2) is 10.1 Å². The van der Waals surface area contributed by atoms with Gasteiger partial charge in [0.1, 0.15) is 0 Å². The van der Waals surface area contributed by atoms with Crippen molar-refractivity contribution in [2.45, 2.75) is 13.1 Å². The summed E-state index contributed by atoms with van der Waals surface area (Å²) in [6, 6.07) is 6.53. The van der Waals surface area contributed by atoms with E-state index in [4.69, 9.17) is 17.0 Å². The van der Waals surface area contributed by atoms with Crippen LogP contribution in [-0.4, -0.2) is 26.9 Å². The second-order valence-corrected chi connectivity index (χ2v) is 7.82. The number of phenols is 1. The first-order valence-corrected chi connectivity index (χ1v) is 9.84. The predicted molar refractivity (Wildman–Crippen MR) is 113 cm³/mol. The largest absolute Gasteiger partial charge is 0.500 e. The molecule has 12 heteroatoms. The molecule has 0 radical (unpaired) electrons. The fourth-order valence-corrected chi connectivity index (χ4v) is 4.06. The van der Waals surface area contributed by atoms with Crippen molar-refractivity contribution >= 4 is 51.7 Å². The maximum absolute atomic E-state index is 13.0. The molecular weight excluding hydrogens is 457 g/mol. The summed E-state index contributed by atoms with van der Waals surface area (Å²) in [5.41, 5.74) is -1.42. The molecule has 1 aliphatic rings. The normalized spacial score (nSPS) is 15.6. The summed E-state index contributed by atoms with van der Waals surface area (Å²) in [5.74, 6) is -1.47. The molecule has 7 nitrogen and oxygen atoms in total. The van der Waals surface area contributed by atoms with Crippen LogP contribution in [0.5, 0.6) is 11.5 Å². The van der Waals surface area contributed by atoms with Crippen molar-refractivity contribution in [3.63, 3.8) is 0 Å². The second-order valence-electron chi connectivity index (χ2n) is 6.14. The number of aromatic hydroxyl groups is 1. The number of thioether (sulfide) groups is 1. The van der Waals surface area contributed by atoms with Gasteiger partial charge in [-0.3, -0.25) is 19.8 Å². The molecule has 2 aromatic carbocycles. The summed E-state index contributed by atoms with van der Waals surface area (Å²) in [6.45, 7) is 1.75. The van der Waals surface area contributed by atoms with Crippen LogP contribution in [0.15, 0.2) is 41.3 Å². The molecule has 0 aromatic heterocycles. The average Bonchev–Trinajstić information content (AvgIpc) is 2.96. The molecule has 0 bridgehead atoms. The first-order chi connectivity index (χ1) is 14.5. The average molecular weight is 470 g/mol. The molecule has 1 saturated heterocycles. The number of hydrogen-bond donors (Lipinski definition) is 1. The molecule has 1 aliphatic heterocycles. The molecule has 0 aliphatic carbocycles. The number of nitro groups is 1. The molecule has 3 rings (SSSR count). The molecule has 2 aromatic rings. The molecule has 0 unspecified atom stereocenters. The van der Waals surface area contributed by atoms with E-state index in [2.05, 4.69) is 0 Å². The minimum absolute atomic E-state index is 0.00823. The van der Waals surface area contributed by atoms with Crippen molar-refractivity contribution in [3.05, 3.63) is 62.5 Å². The van der Waals surface area contributed by atoms with Crippen LogP contribution >= 0.6 is 24.0 Å². The number of halogens is 3. The number of rotatable bonds is 5. The van der Waals surface area contributed by atoms with Crippen LogP contribution in [-0.2, 0) is 11.0 Å². The van der Waals surface area contributed by atoms with Crippen LogP contribution < -0.4 is 9.64 Å². The zero-order valence-corrected chi connectivity index (χ0v) is 17.3. The van der Waals surface area contributed by atoms with Gasteiger partial charge in [0.25, 0.3) is 5.91 Å². The van der Waals surface area contributed by atoms with Gasteiger partial charge in [0.2, 0.25) is 5.75 Å². The van der Waals surface area contributed by atoms with E-state index < -0.39 is 34.0 Å². The topological polar surface area (TPSA) is 92.9 Å². The van der Waals surface area contributed by atoms with E-state index in [1.54, 1.807) is 6.92 Å². The van der Waals surface area contributed by atoms with Crippen LogP contribution in [0.3, 0.4) is 0 Å².